The van der Waals surface area contributed by atoms with Gasteiger partial charge in [0.1, 0.15) is 6.10 Å². The van der Waals surface area contributed by atoms with Crippen LogP contribution in [0.25, 0.3) is 16.7 Å². The van der Waals surface area contributed by atoms with Crippen LogP contribution in [0.4, 0.5) is 0 Å². The van der Waals surface area contributed by atoms with Crippen LogP contribution in [0.5, 0.6) is 0 Å². The fourth-order valence-electron chi connectivity index (χ4n) is 4.69. The number of fused-ring (bicyclic) bond motifs is 1. The summed E-state index contributed by atoms with van der Waals surface area (Å²) >= 11 is 1.46. The summed E-state index contributed by atoms with van der Waals surface area (Å²) in [6, 6.07) is 16.5. The van der Waals surface area contributed by atoms with Crippen molar-refractivity contribution in [3.8, 4) is 5.69 Å². The number of rotatable bonds is 6. The van der Waals surface area contributed by atoms with Crippen LogP contribution < -0.4 is 0 Å². The van der Waals surface area contributed by atoms with Gasteiger partial charge in [0.25, 0.3) is 0 Å². The molecule has 0 spiro atoms. The normalized spacial score (nSPS) is 21.5. The average molecular weight is 437 g/mol. The highest BCUT2D eigenvalue weighted by atomic mass is 32.2. The van der Waals surface area contributed by atoms with Crippen molar-refractivity contribution >= 4 is 28.8 Å². The number of aromatic nitrogens is 2. The number of hydrogen-bond acceptors (Lipinski definition) is 4. The van der Waals surface area contributed by atoms with E-state index in [0.29, 0.717) is 17.8 Å². The zero-order chi connectivity index (χ0) is 22.0. The summed E-state index contributed by atoms with van der Waals surface area (Å²) < 4.78 is 8.14. The Morgan fingerprint density at radius 3 is 2.77 bits per heavy atom. The number of ether oxygens (including phenoxy) is 1. The molecule has 1 aliphatic rings. The molecule has 1 aliphatic carbocycles. The number of carbonyl (C=O) groups is 1. The first-order valence-corrected chi connectivity index (χ1v) is 12.3. The Kier molecular flexibility index (Phi) is 6.71. The lowest BCUT2D eigenvalue weighted by Crippen LogP contribution is -2.36. The third kappa shape index (κ3) is 4.98. The predicted octanol–water partition coefficient (Wildman–Crippen LogP) is 6.43. The van der Waals surface area contributed by atoms with Gasteiger partial charge < -0.3 is 4.74 Å². The van der Waals surface area contributed by atoms with Gasteiger partial charge in [0, 0.05) is 5.69 Å². The van der Waals surface area contributed by atoms with Crippen molar-refractivity contribution in [3.05, 3.63) is 54.1 Å². The third-order valence-electron chi connectivity index (χ3n) is 6.35. The number of benzene rings is 2. The minimum absolute atomic E-state index is 0.0347. The van der Waals surface area contributed by atoms with E-state index in [-0.39, 0.29) is 17.8 Å². The molecule has 4 nitrogen and oxygen atoms in total. The van der Waals surface area contributed by atoms with Crippen LogP contribution in [0.1, 0.15) is 45.6 Å². The first-order chi connectivity index (χ1) is 14.9. The molecule has 0 aliphatic heterocycles. The van der Waals surface area contributed by atoms with Gasteiger partial charge in [0.05, 0.1) is 16.8 Å². The minimum Gasteiger partial charge on any atom is -0.461 e. The molecule has 0 N–H and O–H groups in total. The summed E-state index contributed by atoms with van der Waals surface area (Å²) in [4.78, 5) is 17.6. The summed E-state index contributed by atoms with van der Waals surface area (Å²) in [6.07, 6.45) is 3.38. The summed E-state index contributed by atoms with van der Waals surface area (Å²) in [7, 11) is 0. The predicted molar refractivity (Wildman–Crippen MR) is 128 cm³/mol. The second-order valence-corrected chi connectivity index (χ2v) is 10.1. The zero-order valence-corrected chi connectivity index (χ0v) is 19.7. The van der Waals surface area contributed by atoms with Gasteiger partial charge in [-0.2, -0.15) is 0 Å². The molecule has 2 aromatic carbocycles. The number of nitrogens with zero attached hydrogens (tertiary/aromatic N) is 2. The lowest BCUT2D eigenvalue weighted by Gasteiger charge is -2.36. The van der Waals surface area contributed by atoms with Crippen molar-refractivity contribution in [2.45, 2.75) is 58.2 Å². The average Bonchev–Trinajstić information content (AvgIpc) is 3.10. The van der Waals surface area contributed by atoms with Crippen LogP contribution in [0.2, 0.25) is 0 Å². The fraction of sp³-hybridized carbons (Fsp3) is 0.462. The molecule has 0 amide bonds. The van der Waals surface area contributed by atoms with E-state index in [1.807, 2.05) is 18.2 Å². The number of aryl methyl sites for hydroxylation is 1. The quantitative estimate of drug-likeness (QED) is 0.330. The zero-order valence-electron chi connectivity index (χ0n) is 18.9. The van der Waals surface area contributed by atoms with Crippen molar-refractivity contribution in [2.24, 2.45) is 17.8 Å². The van der Waals surface area contributed by atoms with Gasteiger partial charge >= 0.3 is 5.97 Å². The Morgan fingerprint density at radius 1 is 1.19 bits per heavy atom. The highest BCUT2D eigenvalue weighted by molar-refractivity contribution is 7.99. The number of imidazole rings is 1. The minimum atomic E-state index is -0.141. The van der Waals surface area contributed by atoms with E-state index in [0.717, 1.165) is 34.7 Å². The van der Waals surface area contributed by atoms with E-state index in [2.05, 4.69) is 62.6 Å². The van der Waals surface area contributed by atoms with E-state index < -0.39 is 0 Å². The van der Waals surface area contributed by atoms with Crippen molar-refractivity contribution in [2.75, 3.05) is 5.75 Å². The molecular formula is C26H32N2O2S. The standard InChI is InChI=1S/C26H32N2O2S/c1-17(2)21-13-12-19(4)15-24(21)30-25(29)16-31-26-27-22-10-5-6-11-23(22)28(26)20-9-7-8-18(3)14-20/h5-11,14,17,19,21,24H,12-13,15-16H2,1-4H3/t19-,21-,24-/m1/s1. The van der Waals surface area contributed by atoms with Crippen LogP contribution in [0, 0.1) is 24.7 Å². The Morgan fingerprint density at radius 2 is 2.00 bits per heavy atom. The molecule has 0 bridgehead atoms. The van der Waals surface area contributed by atoms with E-state index >= 15 is 0 Å². The molecule has 1 saturated carbocycles. The molecule has 1 aromatic heterocycles. The van der Waals surface area contributed by atoms with Gasteiger partial charge in [-0.25, -0.2) is 4.98 Å². The maximum atomic E-state index is 12.8. The molecule has 0 saturated heterocycles. The van der Waals surface area contributed by atoms with E-state index in [1.54, 1.807) is 0 Å². The lowest BCUT2D eigenvalue weighted by atomic mass is 9.75. The third-order valence-corrected chi connectivity index (χ3v) is 7.27. The molecule has 5 heteroatoms. The van der Waals surface area contributed by atoms with Crippen LogP contribution in [-0.2, 0) is 9.53 Å². The van der Waals surface area contributed by atoms with Crippen LogP contribution in [0.3, 0.4) is 0 Å². The summed E-state index contributed by atoms with van der Waals surface area (Å²) in [6.45, 7) is 8.82. The van der Waals surface area contributed by atoms with Crippen molar-refractivity contribution in [1.82, 2.24) is 9.55 Å². The number of thioether (sulfide) groups is 1. The molecule has 1 heterocycles. The second-order valence-electron chi connectivity index (χ2n) is 9.20. The molecule has 1 fully saturated rings. The summed E-state index contributed by atoms with van der Waals surface area (Å²) in [5.41, 5.74) is 4.23. The van der Waals surface area contributed by atoms with Crippen LogP contribution in [0.15, 0.2) is 53.7 Å². The summed E-state index contributed by atoms with van der Waals surface area (Å²) in [5.74, 6) is 1.74. The molecule has 31 heavy (non-hydrogen) atoms. The Hall–Kier alpha value is -2.27. The monoisotopic (exact) mass is 436 g/mol. The SMILES string of the molecule is Cc1cccc(-n2c(SCC(=O)O[C@@H]3C[C@H](C)CC[C@@H]3C(C)C)nc3ccccc32)c1. The van der Waals surface area contributed by atoms with Gasteiger partial charge in [-0.05, 0) is 67.3 Å². The smallest absolute Gasteiger partial charge is 0.316 e. The van der Waals surface area contributed by atoms with Gasteiger partial charge in [-0.1, -0.05) is 63.2 Å². The Labute approximate surface area is 189 Å². The topological polar surface area (TPSA) is 44.1 Å². The first kappa shape index (κ1) is 21.9. The number of para-hydroxylation sites is 2. The number of esters is 1. The lowest BCUT2D eigenvalue weighted by molar-refractivity contribution is -0.152. The molecule has 3 atom stereocenters. The second kappa shape index (κ2) is 9.47. The van der Waals surface area contributed by atoms with Crippen LogP contribution in [-0.4, -0.2) is 27.4 Å². The molecule has 0 unspecified atom stereocenters. The van der Waals surface area contributed by atoms with E-state index in [4.69, 9.17) is 9.72 Å². The van der Waals surface area contributed by atoms with Crippen LogP contribution >= 0.6 is 11.8 Å². The molecule has 0 radical (unpaired) electrons. The first-order valence-electron chi connectivity index (χ1n) is 11.3. The largest absolute Gasteiger partial charge is 0.461 e. The van der Waals surface area contributed by atoms with Crippen molar-refractivity contribution < 1.29 is 9.53 Å². The van der Waals surface area contributed by atoms with Gasteiger partial charge in [-0.15, -0.1) is 0 Å². The summed E-state index contributed by atoms with van der Waals surface area (Å²) in [5, 5.41) is 0.821. The van der Waals surface area contributed by atoms with Crippen molar-refractivity contribution in [1.29, 1.82) is 0 Å². The maximum Gasteiger partial charge on any atom is 0.316 e. The highest BCUT2D eigenvalue weighted by Crippen LogP contribution is 2.36. The molecule has 4 rings (SSSR count). The van der Waals surface area contributed by atoms with E-state index in [9.17, 15) is 4.79 Å². The Balaban J connectivity index is 1.52. The van der Waals surface area contributed by atoms with E-state index in [1.165, 1.54) is 23.7 Å². The molecular weight excluding hydrogens is 404 g/mol. The van der Waals surface area contributed by atoms with Crippen molar-refractivity contribution in [3.63, 3.8) is 0 Å². The highest BCUT2D eigenvalue weighted by Gasteiger charge is 2.33. The Bertz CT molecular complexity index is 1060. The molecule has 3 aromatic rings. The number of hydrogen-bond donors (Lipinski definition) is 0. The maximum absolute atomic E-state index is 12.8. The van der Waals surface area contributed by atoms with Gasteiger partial charge in [-0.3, -0.25) is 9.36 Å². The number of carbonyl (C=O) groups excluding carboxylic acids is 1. The van der Waals surface area contributed by atoms with Gasteiger partial charge in [0.15, 0.2) is 5.16 Å². The fourth-order valence-corrected chi connectivity index (χ4v) is 5.50. The van der Waals surface area contributed by atoms with Gasteiger partial charge in [0.2, 0.25) is 0 Å². The molecule has 164 valence electrons.